The third-order valence-electron chi connectivity index (χ3n) is 1.33. The van der Waals surface area contributed by atoms with Crippen LogP contribution in [0.25, 0.3) is 0 Å². The molecule has 0 unspecified atom stereocenters. The van der Waals surface area contributed by atoms with Gasteiger partial charge in [0, 0.05) is 0 Å². The van der Waals surface area contributed by atoms with Crippen LogP contribution in [0.5, 0.6) is 5.75 Å². The summed E-state index contributed by atoms with van der Waals surface area (Å²) in [5.74, 6) is 0.952. The van der Waals surface area contributed by atoms with Gasteiger partial charge in [-0.05, 0) is 26.0 Å². The molecular formula is C9H12O. The second-order valence-corrected chi connectivity index (χ2v) is 2.25. The van der Waals surface area contributed by atoms with Gasteiger partial charge in [-0.15, -0.1) is 0 Å². The molecule has 0 aliphatic rings. The van der Waals surface area contributed by atoms with Crippen LogP contribution in [0.2, 0.25) is 0 Å². The van der Waals surface area contributed by atoms with Gasteiger partial charge >= 0.3 is 0 Å². The van der Waals surface area contributed by atoms with Crippen molar-refractivity contribution in [3.05, 3.63) is 29.8 Å². The molecule has 0 spiro atoms. The average Bonchev–Trinajstić information content (AvgIpc) is 1.95. The molecule has 1 rings (SSSR count). The molecule has 0 fully saturated rings. The van der Waals surface area contributed by atoms with E-state index in [0.717, 1.165) is 12.4 Å². The highest BCUT2D eigenvalue weighted by atomic mass is 16.5. The summed E-state index contributed by atoms with van der Waals surface area (Å²) in [6.45, 7) is 4.79. The number of benzene rings is 1. The summed E-state index contributed by atoms with van der Waals surface area (Å²) in [5, 5.41) is 0. The quantitative estimate of drug-likeness (QED) is 0.606. The molecule has 0 saturated carbocycles. The molecule has 0 aliphatic carbocycles. The van der Waals surface area contributed by atoms with Gasteiger partial charge in [0.05, 0.1) is 6.61 Å². The van der Waals surface area contributed by atoms with Crippen molar-refractivity contribution in [2.75, 3.05) is 6.61 Å². The van der Waals surface area contributed by atoms with Crippen LogP contribution in [0.1, 0.15) is 12.5 Å². The van der Waals surface area contributed by atoms with Crippen molar-refractivity contribution in [3.8, 4) is 5.75 Å². The molecule has 1 aromatic carbocycles. The third kappa shape index (κ3) is 1.76. The van der Waals surface area contributed by atoms with Crippen molar-refractivity contribution in [1.82, 2.24) is 0 Å². The van der Waals surface area contributed by atoms with E-state index in [4.69, 9.17) is 4.74 Å². The number of ether oxygens (including phenoxy) is 1. The molecule has 0 bridgehead atoms. The second-order valence-electron chi connectivity index (χ2n) is 2.25. The van der Waals surface area contributed by atoms with Crippen LogP contribution in [0, 0.1) is 6.92 Å². The molecule has 0 atom stereocenters. The molecular weight excluding hydrogens is 124 g/mol. The highest BCUT2D eigenvalue weighted by Gasteiger charge is 1.87. The molecule has 1 heteroatoms. The van der Waals surface area contributed by atoms with Crippen molar-refractivity contribution in [2.45, 2.75) is 13.8 Å². The largest absolute Gasteiger partial charge is 0.494 e. The Bertz CT molecular complexity index is 188. The summed E-state index contributed by atoms with van der Waals surface area (Å²) in [6.07, 6.45) is 0. The van der Waals surface area contributed by atoms with E-state index in [9.17, 15) is 0 Å². The maximum atomic E-state index is 5.26. The number of hydrogen-bond donors (Lipinski definition) is 0. The third-order valence-corrected chi connectivity index (χ3v) is 1.33. The van der Waals surface area contributed by atoms with E-state index < -0.39 is 0 Å². The van der Waals surface area contributed by atoms with Gasteiger partial charge in [0.15, 0.2) is 0 Å². The summed E-state index contributed by atoms with van der Waals surface area (Å²) < 4.78 is 5.26. The zero-order valence-electron chi connectivity index (χ0n) is 6.42. The molecule has 0 saturated heterocycles. The zero-order valence-corrected chi connectivity index (χ0v) is 6.42. The minimum Gasteiger partial charge on any atom is -0.494 e. The molecule has 1 nitrogen and oxygen atoms in total. The Labute approximate surface area is 61.6 Å². The smallest absolute Gasteiger partial charge is 0.119 e. The van der Waals surface area contributed by atoms with Crippen LogP contribution < -0.4 is 4.74 Å². The summed E-state index contributed by atoms with van der Waals surface area (Å²) >= 11 is 0. The molecule has 10 heavy (non-hydrogen) atoms. The summed E-state index contributed by atoms with van der Waals surface area (Å²) in [6, 6.07) is 8.06. The fraction of sp³-hybridized carbons (Fsp3) is 0.333. The lowest BCUT2D eigenvalue weighted by Gasteiger charge is -2.01. The van der Waals surface area contributed by atoms with E-state index in [0.29, 0.717) is 0 Å². The number of rotatable bonds is 2. The lowest BCUT2D eigenvalue weighted by molar-refractivity contribution is 0.340. The Morgan fingerprint density at radius 1 is 1.20 bits per heavy atom. The molecule has 1 aromatic rings. The Balaban J connectivity index is 2.69. The van der Waals surface area contributed by atoms with Crippen molar-refractivity contribution in [1.29, 1.82) is 0 Å². The first-order chi connectivity index (χ1) is 4.83. The molecule has 0 aliphatic heterocycles. The molecule has 0 N–H and O–H groups in total. The van der Waals surface area contributed by atoms with E-state index in [1.165, 1.54) is 5.56 Å². The first-order valence-electron chi connectivity index (χ1n) is 3.52. The lowest BCUT2D eigenvalue weighted by Crippen LogP contribution is -1.90. The maximum Gasteiger partial charge on any atom is 0.119 e. The highest BCUT2D eigenvalue weighted by Crippen LogP contribution is 2.10. The van der Waals surface area contributed by atoms with Gasteiger partial charge in [-0.1, -0.05) is 17.7 Å². The van der Waals surface area contributed by atoms with Crippen molar-refractivity contribution < 1.29 is 4.74 Å². The van der Waals surface area contributed by atoms with Crippen molar-refractivity contribution in [3.63, 3.8) is 0 Å². The van der Waals surface area contributed by atoms with Crippen LogP contribution in [0.15, 0.2) is 24.3 Å². The summed E-state index contributed by atoms with van der Waals surface area (Å²) in [4.78, 5) is 0. The van der Waals surface area contributed by atoms with Crippen molar-refractivity contribution in [2.24, 2.45) is 0 Å². The molecule has 0 aromatic heterocycles. The first-order valence-corrected chi connectivity index (χ1v) is 3.52. The Kier molecular flexibility index (Phi) is 2.32. The van der Waals surface area contributed by atoms with Gasteiger partial charge in [-0.3, -0.25) is 0 Å². The standard InChI is InChI=1S/C9H12O/c1-3-10-9-6-4-8(2)5-7-9/h4-7H,3H2,1-2H3. The van der Waals surface area contributed by atoms with Gasteiger partial charge in [0.2, 0.25) is 0 Å². The monoisotopic (exact) mass is 136 g/mol. The number of aryl methyl sites for hydroxylation is 1. The van der Waals surface area contributed by atoms with Gasteiger partial charge < -0.3 is 4.74 Å². The van der Waals surface area contributed by atoms with E-state index >= 15 is 0 Å². The Hall–Kier alpha value is -0.980. The maximum absolute atomic E-state index is 5.26. The van der Waals surface area contributed by atoms with Gasteiger partial charge in [0.25, 0.3) is 0 Å². The highest BCUT2D eigenvalue weighted by molar-refractivity contribution is 5.26. The van der Waals surface area contributed by atoms with Gasteiger partial charge in [0.1, 0.15) is 5.75 Å². The van der Waals surface area contributed by atoms with Gasteiger partial charge in [-0.2, -0.15) is 0 Å². The molecule has 0 amide bonds. The molecule has 54 valence electrons. The fourth-order valence-electron chi connectivity index (χ4n) is 0.801. The molecule has 0 radical (unpaired) electrons. The SMILES string of the molecule is CCOc1ccc(C)cc1. The zero-order chi connectivity index (χ0) is 7.40. The van der Waals surface area contributed by atoms with Crippen molar-refractivity contribution >= 4 is 0 Å². The topological polar surface area (TPSA) is 9.23 Å². The minimum atomic E-state index is 0.739. The van der Waals surface area contributed by atoms with Crippen LogP contribution in [-0.2, 0) is 0 Å². The normalized spacial score (nSPS) is 9.40. The Morgan fingerprint density at radius 3 is 2.30 bits per heavy atom. The van der Waals surface area contributed by atoms with Crippen LogP contribution >= 0.6 is 0 Å². The van der Waals surface area contributed by atoms with Crippen LogP contribution in [0.4, 0.5) is 0 Å². The van der Waals surface area contributed by atoms with Crippen LogP contribution in [0.3, 0.4) is 0 Å². The summed E-state index contributed by atoms with van der Waals surface area (Å²) in [7, 11) is 0. The fourth-order valence-corrected chi connectivity index (χ4v) is 0.801. The number of hydrogen-bond acceptors (Lipinski definition) is 1. The van der Waals surface area contributed by atoms with E-state index in [-0.39, 0.29) is 0 Å². The predicted molar refractivity (Wildman–Crippen MR) is 42.3 cm³/mol. The average molecular weight is 136 g/mol. The second kappa shape index (κ2) is 3.25. The first kappa shape index (κ1) is 7.13. The van der Waals surface area contributed by atoms with Gasteiger partial charge in [-0.25, -0.2) is 0 Å². The van der Waals surface area contributed by atoms with Crippen LogP contribution in [-0.4, -0.2) is 6.61 Å². The van der Waals surface area contributed by atoms with E-state index in [1.807, 2.05) is 31.2 Å². The van der Waals surface area contributed by atoms with E-state index in [1.54, 1.807) is 0 Å². The predicted octanol–water partition coefficient (Wildman–Crippen LogP) is 2.39. The minimum absolute atomic E-state index is 0.739. The Morgan fingerprint density at radius 2 is 1.80 bits per heavy atom. The lowest BCUT2D eigenvalue weighted by atomic mass is 10.2. The molecule has 0 heterocycles. The van der Waals surface area contributed by atoms with E-state index in [2.05, 4.69) is 6.92 Å². The summed E-state index contributed by atoms with van der Waals surface area (Å²) in [5.41, 5.74) is 1.27.